The van der Waals surface area contributed by atoms with Crippen LogP contribution in [-0.2, 0) is 23.9 Å². The van der Waals surface area contributed by atoms with Crippen LogP contribution in [-0.4, -0.2) is 36.3 Å². The molecule has 2 aromatic heterocycles. The SMILES string of the molecule is Cc1cc(NC(=O)CSc2nnc(COc3ccc(C(C)(C)C)cc3)n2N)n(C)n1. The van der Waals surface area contributed by atoms with Crippen molar-refractivity contribution in [3.8, 4) is 5.75 Å². The first-order valence-electron chi connectivity index (χ1n) is 9.49. The number of aryl methyl sites for hydroxylation is 2. The molecule has 2 heterocycles. The van der Waals surface area contributed by atoms with Gasteiger partial charge in [0.2, 0.25) is 11.1 Å². The Morgan fingerprint density at radius 1 is 1.23 bits per heavy atom. The molecule has 9 nitrogen and oxygen atoms in total. The number of nitrogens with two attached hydrogens (primary N) is 1. The highest BCUT2D eigenvalue weighted by atomic mass is 32.2. The van der Waals surface area contributed by atoms with Crippen molar-refractivity contribution < 1.29 is 9.53 Å². The van der Waals surface area contributed by atoms with Gasteiger partial charge in [-0.2, -0.15) is 5.10 Å². The number of thioether (sulfide) groups is 1. The number of nitrogen functional groups attached to an aromatic ring is 1. The van der Waals surface area contributed by atoms with Crippen LogP contribution in [0.1, 0.15) is 37.9 Å². The average Bonchev–Trinajstić information content (AvgIpc) is 3.19. The Kier molecular flexibility index (Phi) is 6.35. The molecule has 3 N–H and O–H groups in total. The zero-order valence-electron chi connectivity index (χ0n) is 17.8. The molecule has 0 atom stereocenters. The van der Waals surface area contributed by atoms with Gasteiger partial charge in [0.25, 0.3) is 0 Å². The fourth-order valence-corrected chi connectivity index (χ4v) is 3.42. The van der Waals surface area contributed by atoms with E-state index in [0.29, 0.717) is 16.8 Å². The number of carbonyl (C=O) groups is 1. The Morgan fingerprint density at radius 2 is 1.93 bits per heavy atom. The molecule has 0 unspecified atom stereocenters. The van der Waals surface area contributed by atoms with Crippen LogP contribution < -0.4 is 15.9 Å². The van der Waals surface area contributed by atoms with Crippen molar-refractivity contribution in [3.05, 3.63) is 47.4 Å². The van der Waals surface area contributed by atoms with E-state index in [1.54, 1.807) is 17.8 Å². The number of carbonyl (C=O) groups excluding carboxylic acids is 1. The van der Waals surface area contributed by atoms with E-state index < -0.39 is 0 Å². The maximum absolute atomic E-state index is 12.2. The van der Waals surface area contributed by atoms with Gasteiger partial charge in [0, 0.05) is 13.1 Å². The number of rotatable bonds is 7. The number of ether oxygens (including phenoxy) is 1. The second-order valence-corrected chi connectivity index (χ2v) is 8.91. The van der Waals surface area contributed by atoms with Gasteiger partial charge in [-0.25, -0.2) is 4.68 Å². The zero-order valence-corrected chi connectivity index (χ0v) is 18.7. The molecule has 0 aliphatic heterocycles. The lowest BCUT2D eigenvalue weighted by atomic mass is 9.87. The van der Waals surface area contributed by atoms with Crippen LogP contribution in [0.15, 0.2) is 35.5 Å². The van der Waals surface area contributed by atoms with Crippen molar-refractivity contribution in [3.63, 3.8) is 0 Å². The van der Waals surface area contributed by atoms with Crippen molar-refractivity contribution in [1.29, 1.82) is 0 Å². The monoisotopic (exact) mass is 429 g/mol. The molecule has 0 saturated carbocycles. The van der Waals surface area contributed by atoms with Crippen LogP contribution in [0.4, 0.5) is 5.82 Å². The van der Waals surface area contributed by atoms with E-state index in [9.17, 15) is 4.79 Å². The lowest BCUT2D eigenvalue weighted by molar-refractivity contribution is -0.113. The Hall–Kier alpha value is -3.01. The van der Waals surface area contributed by atoms with Gasteiger partial charge in [-0.15, -0.1) is 10.2 Å². The summed E-state index contributed by atoms with van der Waals surface area (Å²) >= 11 is 1.20. The summed E-state index contributed by atoms with van der Waals surface area (Å²) in [5, 5.41) is 15.6. The average molecular weight is 430 g/mol. The Morgan fingerprint density at radius 3 is 2.53 bits per heavy atom. The molecule has 0 saturated heterocycles. The van der Waals surface area contributed by atoms with E-state index in [4.69, 9.17) is 10.6 Å². The van der Waals surface area contributed by atoms with Gasteiger partial charge in [0.05, 0.1) is 11.4 Å². The number of aromatic nitrogens is 5. The van der Waals surface area contributed by atoms with Gasteiger partial charge >= 0.3 is 0 Å². The second-order valence-electron chi connectivity index (χ2n) is 7.96. The number of hydrogen-bond donors (Lipinski definition) is 2. The molecule has 3 rings (SSSR count). The highest BCUT2D eigenvalue weighted by Crippen LogP contribution is 2.24. The van der Waals surface area contributed by atoms with Gasteiger partial charge in [0.1, 0.15) is 18.2 Å². The first-order chi connectivity index (χ1) is 14.1. The molecular formula is C20H27N7O2S. The van der Waals surface area contributed by atoms with Crippen LogP contribution in [0.2, 0.25) is 0 Å². The van der Waals surface area contributed by atoms with Gasteiger partial charge in [-0.05, 0) is 30.0 Å². The number of hydrogen-bond acceptors (Lipinski definition) is 7. The van der Waals surface area contributed by atoms with Gasteiger partial charge in [-0.3, -0.25) is 9.48 Å². The Balaban J connectivity index is 1.53. The summed E-state index contributed by atoms with van der Waals surface area (Å²) in [5.74, 6) is 7.87. The number of amides is 1. The van der Waals surface area contributed by atoms with Crippen molar-refractivity contribution in [1.82, 2.24) is 24.7 Å². The minimum atomic E-state index is -0.178. The van der Waals surface area contributed by atoms with Gasteiger partial charge in [0.15, 0.2) is 5.82 Å². The minimum absolute atomic E-state index is 0.0873. The van der Waals surface area contributed by atoms with E-state index in [1.165, 1.54) is 22.0 Å². The fourth-order valence-electron chi connectivity index (χ4n) is 2.74. The van der Waals surface area contributed by atoms with Crippen LogP contribution >= 0.6 is 11.8 Å². The first-order valence-corrected chi connectivity index (χ1v) is 10.5. The van der Waals surface area contributed by atoms with E-state index in [0.717, 1.165) is 11.4 Å². The molecular weight excluding hydrogens is 402 g/mol. The Labute approximate surface area is 180 Å². The topological polar surface area (TPSA) is 113 Å². The van der Waals surface area contributed by atoms with Crippen molar-refractivity contribution in [2.24, 2.45) is 7.05 Å². The maximum Gasteiger partial charge on any atom is 0.235 e. The highest BCUT2D eigenvalue weighted by molar-refractivity contribution is 7.99. The third kappa shape index (κ3) is 5.32. The molecule has 160 valence electrons. The summed E-state index contributed by atoms with van der Waals surface area (Å²) in [4.78, 5) is 12.2. The van der Waals surface area contributed by atoms with Gasteiger partial charge < -0.3 is 15.9 Å². The molecule has 0 aliphatic rings. The van der Waals surface area contributed by atoms with Gasteiger partial charge in [-0.1, -0.05) is 44.7 Å². The molecule has 1 aromatic carbocycles. The summed E-state index contributed by atoms with van der Waals surface area (Å²) in [7, 11) is 1.77. The number of anilines is 1. The predicted octanol–water partition coefficient (Wildman–Crippen LogP) is 2.64. The smallest absolute Gasteiger partial charge is 0.235 e. The van der Waals surface area contributed by atoms with Crippen molar-refractivity contribution >= 4 is 23.5 Å². The quantitative estimate of drug-likeness (QED) is 0.438. The standard InChI is InChI=1S/C20H27N7O2S/c1-13-10-16(26(5)25-13)22-18(28)12-30-19-24-23-17(27(19)21)11-29-15-8-6-14(7-9-15)20(2,3)4/h6-10H,11-12,21H2,1-5H3,(H,22,28). The predicted molar refractivity (Wildman–Crippen MR) is 117 cm³/mol. The molecule has 1 amide bonds. The molecule has 10 heteroatoms. The number of benzene rings is 1. The lowest BCUT2D eigenvalue weighted by Crippen LogP contribution is -2.19. The summed E-state index contributed by atoms with van der Waals surface area (Å²) in [6.45, 7) is 8.54. The molecule has 0 fully saturated rings. The summed E-state index contributed by atoms with van der Waals surface area (Å²) in [6, 6.07) is 9.76. The largest absolute Gasteiger partial charge is 0.486 e. The number of nitrogens with one attached hydrogen (secondary N) is 1. The van der Waals surface area contributed by atoms with Crippen molar-refractivity contribution in [2.75, 3.05) is 16.9 Å². The molecule has 0 spiro atoms. The van der Waals surface area contributed by atoms with E-state index in [2.05, 4.69) is 41.4 Å². The molecule has 30 heavy (non-hydrogen) atoms. The molecule has 0 radical (unpaired) electrons. The molecule has 0 aliphatic carbocycles. The maximum atomic E-state index is 12.2. The normalized spacial score (nSPS) is 11.5. The van der Waals surface area contributed by atoms with E-state index in [1.807, 2.05) is 31.2 Å². The summed E-state index contributed by atoms with van der Waals surface area (Å²) in [5.41, 5.74) is 2.15. The number of nitrogens with zero attached hydrogens (tertiary/aromatic N) is 5. The van der Waals surface area contributed by atoms with Crippen LogP contribution in [0.3, 0.4) is 0 Å². The fraction of sp³-hybridized carbons (Fsp3) is 0.400. The third-order valence-corrected chi connectivity index (χ3v) is 5.37. The molecule has 3 aromatic rings. The van der Waals surface area contributed by atoms with Crippen molar-refractivity contribution in [2.45, 2.75) is 44.9 Å². The third-order valence-electron chi connectivity index (χ3n) is 4.43. The summed E-state index contributed by atoms with van der Waals surface area (Å²) < 4.78 is 8.73. The Bertz CT molecular complexity index is 1020. The zero-order chi connectivity index (χ0) is 21.9. The van der Waals surface area contributed by atoms with Crippen LogP contribution in [0, 0.1) is 6.92 Å². The first kappa shape index (κ1) is 21.7. The lowest BCUT2D eigenvalue weighted by Gasteiger charge is -2.19. The van der Waals surface area contributed by atoms with E-state index >= 15 is 0 Å². The molecule has 0 bridgehead atoms. The van der Waals surface area contributed by atoms with Crippen LogP contribution in [0.5, 0.6) is 5.75 Å². The minimum Gasteiger partial charge on any atom is -0.486 e. The van der Waals surface area contributed by atoms with E-state index in [-0.39, 0.29) is 23.7 Å². The second kappa shape index (κ2) is 8.78. The van der Waals surface area contributed by atoms with Crippen LogP contribution in [0.25, 0.3) is 0 Å². The summed E-state index contributed by atoms with van der Waals surface area (Å²) in [6.07, 6.45) is 0. The highest BCUT2D eigenvalue weighted by Gasteiger charge is 2.15.